The molecule has 1 amide bonds. The fraction of sp³-hybridized carbons (Fsp3) is 0.438. The molecule has 38 heavy (non-hydrogen) atoms. The van der Waals surface area contributed by atoms with Crippen LogP contribution in [0.2, 0.25) is 0 Å². The second-order valence-corrected chi connectivity index (χ2v) is 9.96. The molecule has 2 aromatic rings. The molecule has 2 heterocycles. The highest BCUT2D eigenvalue weighted by molar-refractivity contribution is 5.96. The van der Waals surface area contributed by atoms with Gasteiger partial charge in [0.2, 0.25) is 0 Å². The minimum Gasteiger partial charge on any atom is -0.462 e. The average Bonchev–Trinajstić information content (AvgIpc) is 3.45. The van der Waals surface area contributed by atoms with E-state index in [4.69, 9.17) is 0 Å². The number of amides is 1. The highest BCUT2D eigenvalue weighted by Crippen LogP contribution is 2.45. The van der Waals surface area contributed by atoms with Crippen LogP contribution >= 0.6 is 0 Å². The summed E-state index contributed by atoms with van der Waals surface area (Å²) in [7, 11) is 0. The molecule has 204 valence electrons. The van der Waals surface area contributed by atoms with Gasteiger partial charge in [-0.3, -0.25) is 9.59 Å². The van der Waals surface area contributed by atoms with Crippen LogP contribution in [0.3, 0.4) is 0 Å². The summed E-state index contributed by atoms with van der Waals surface area (Å²) in [6.45, 7) is 15.7. The van der Waals surface area contributed by atoms with Gasteiger partial charge in [-0.05, 0) is 61.7 Å². The van der Waals surface area contributed by atoms with Crippen molar-refractivity contribution in [1.29, 1.82) is 0 Å². The molecule has 0 radical (unpaired) electrons. The summed E-state index contributed by atoms with van der Waals surface area (Å²) in [5.74, 6) is 0.0633. The second-order valence-electron chi connectivity index (χ2n) is 9.96. The Bertz CT molecular complexity index is 1080. The van der Waals surface area contributed by atoms with Gasteiger partial charge in [0.15, 0.2) is 0 Å². The van der Waals surface area contributed by atoms with Crippen LogP contribution in [-0.2, 0) is 9.53 Å². The predicted molar refractivity (Wildman–Crippen MR) is 156 cm³/mol. The monoisotopic (exact) mass is 517 g/mol. The van der Waals surface area contributed by atoms with E-state index in [9.17, 15) is 9.59 Å². The van der Waals surface area contributed by atoms with Gasteiger partial charge in [0.1, 0.15) is 6.61 Å². The van der Waals surface area contributed by atoms with E-state index in [0.29, 0.717) is 19.1 Å². The highest BCUT2D eigenvalue weighted by atomic mass is 16.5. The summed E-state index contributed by atoms with van der Waals surface area (Å²) < 4.78 is 4.43. The molecule has 0 saturated carbocycles. The third kappa shape index (κ3) is 8.32. The van der Waals surface area contributed by atoms with Crippen molar-refractivity contribution in [1.82, 2.24) is 10.2 Å². The molecule has 1 saturated heterocycles. The molecule has 6 nitrogen and oxygen atoms in total. The molecule has 2 atom stereocenters. The van der Waals surface area contributed by atoms with Gasteiger partial charge in [-0.2, -0.15) is 0 Å². The van der Waals surface area contributed by atoms with Crippen molar-refractivity contribution in [3.05, 3.63) is 84.5 Å². The first-order valence-electron chi connectivity index (χ1n) is 13.8. The largest absolute Gasteiger partial charge is 0.462 e. The fourth-order valence-electron chi connectivity index (χ4n) is 5.10. The molecule has 1 fully saturated rings. The number of hydrogen-bond donors (Lipinski definition) is 2. The molecular formula is C32H43N3O3. The summed E-state index contributed by atoms with van der Waals surface area (Å²) in [5, 5.41) is 6.85. The summed E-state index contributed by atoms with van der Waals surface area (Å²) in [6.07, 6.45) is 7.50. The summed E-state index contributed by atoms with van der Waals surface area (Å²) in [5.41, 5.74) is 5.30. The number of carbonyl (C=O) groups excluding carboxylic acids is 2. The maximum atomic E-state index is 12.8. The standard InChI is InChI=1S/C27H35N3O.C5H8O2/c1-3-4-12-23-20(2)24-19-22(27(31)28-15-18-30-16-8-9-17-30)13-14-25(24)29-26(23)21-10-6-5-7-11-21;1-3-4-7-5(2)6/h5-7,10-11,13-14,19,23,26,29H,2-4,8-9,12,15-18H2,1H3,(H,28,31);3H,1,4H2,2H3. The number of ether oxygens (including phenoxy) is 1. The molecule has 4 rings (SSSR count). The third-order valence-electron chi connectivity index (χ3n) is 7.13. The minimum atomic E-state index is -0.264. The molecule has 0 bridgehead atoms. The highest BCUT2D eigenvalue weighted by Gasteiger charge is 2.32. The van der Waals surface area contributed by atoms with Crippen LogP contribution in [0.4, 0.5) is 5.69 Å². The minimum absolute atomic E-state index is 0.00471. The number of anilines is 1. The number of nitrogens with one attached hydrogen (secondary N) is 2. The summed E-state index contributed by atoms with van der Waals surface area (Å²) in [4.78, 5) is 25.1. The molecule has 0 aliphatic carbocycles. The zero-order valence-corrected chi connectivity index (χ0v) is 23.0. The van der Waals surface area contributed by atoms with E-state index in [1.807, 2.05) is 18.2 Å². The van der Waals surface area contributed by atoms with Crippen molar-refractivity contribution in [3.63, 3.8) is 0 Å². The number of hydrogen-bond acceptors (Lipinski definition) is 5. The Morgan fingerprint density at radius 2 is 1.89 bits per heavy atom. The van der Waals surface area contributed by atoms with Crippen LogP contribution in [0.25, 0.3) is 5.57 Å². The van der Waals surface area contributed by atoms with Crippen LogP contribution < -0.4 is 10.6 Å². The number of likely N-dealkylation sites (tertiary alicyclic amines) is 1. The van der Waals surface area contributed by atoms with E-state index < -0.39 is 0 Å². The quantitative estimate of drug-likeness (QED) is 0.289. The second kappa shape index (κ2) is 15.1. The number of rotatable bonds is 10. The molecule has 2 aromatic carbocycles. The lowest BCUT2D eigenvalue weighted by molar-refractivity contribution is -0.139. The smallest absolute Gasteiger partial charge is 0.302 e. The molecule has 6 heteroatoms. The van der Waals surface area contributed by atoms with Crippen molar-refractivity contribution in [3.8, 4) is 0 Å². The topological polar surface area (TPSA) is 70.7 Å². The number of esters is 1. The Labute approximate surface area is 228 Å². The molecular weight excluding hydrogens is 474 g/mol. The van der Waals surface area contributed by atoms with Crippen molar-refractivity contribution < 1.29 is 14.3 Å². The number of fused-ring (bicyclic) bond motifs is 1. The first-order valence-corrected chi connectivity index (χ1v) is 13.8. The van der Waals surface area contributed by atoms with Crippen LogP contribution in [0.15, 0.2) is 67.8 Å². The van der Waals surface area contributed by atoms with Crippen LogP contribution in [-0.4, -0.2) is 49.6 Å². The fourth-order valence-corrected chi connectivity index (χ4v) is 5.10. The molecule has 0 aromatic heterocycles. The lowest BCUT2D eigenvalue weighted by Crippen LogP contribution is -2.33. The van der Waals surface area contributed by atoms with Gasteiger partial charge in [-0.15, -0.1) is 0 Å². The zero-order valence-electron chi connectivity index (χ0n) is 23.0. The van der Waals surface area contributed by atoms with E-state index in [-0.39, 0.29) is 17.9 Å². The van der Waals surface area contributed by atoms with Gasteiger partial charge in [-0.25, -0.2) is 0 Å². The lowest BCUT2D eigenvalue weighted by atomic mass is 9.77. The lowest BCUT2D eigenvalue weighted by Gasteiger charge is -2.37. The number of benzene rings is 2. The predicted octanol–water partition coefficient (Wildman–Crippen LogP) is 6.23. The van der Waals surface area contributed by atoms with E-state index >= 15 is 0 Å². The molecule has 2 aliphatic heterocycles. The van der Waals surface area contributed by atoms with Crippen molar-refractivity contribution >= 4 is 23.1 Å². The zero-order chi connectivity index (χ0) is 27.3. The van der Waals surface area contributed by atoms with Gasteiger partial charge in [-0.1, -0.05) is 69.3 Å². The van der Waals surface area contributed by atoms with E-state index in [2.05, 4.69) is 70.7 Å². The SMILES string of the molecule is C=C1c2cc(C(=O)NCCN3CCCC3)ccc2NC(c2ccccc2)C1CCCC.C=CCOC(C)=O. The van der Waals surface area contributed by atoms with E-state index in [1.54, 1.807) is 0 Å². The normalized spacial score (nSPS) is 18.4. The van der Waals surface area contributed by atoms with Crippen molar-refractivity contribution in [2.24, 2.45) is 5.92 Å². The first-order chi connectivity index (χ1) is 18.4. The Morgan fingerprint density at radius 3 is 2.53 bits per heavy atom. The van der Waals surface area contributed by atoms with Gasteiger partial charge >= 0.3 is 5.97 Å². The van der Waals surface area contributed by atoms with Crippen molar-refractivity contribution in [2.45, 2.75) is 52.0 Å². The average molecular weight is 518 g/mol. The van der Waals surface area contributed by atoms with Crippen LogP contribution in [0.1, 0.15) is 73.5 Å². The van der Waals surface area contributed by atoms with Gasteiger partial charge < -0.3 is 20.3 Å². The Morgan fingerprint density at radius 1 is 1.16 bits per heavy atom. The molecule has 0 spiro atoms. The van der Waals surface area contributed by atoms with E-state index in [1.165, 1.54) is 37.8 Å². The Hall–Kier alpha value is -3.38. The van der Waals surface area contributed by atoms with Gasteiger partial charge in [0.05, 0.1) is 6.04 Å². The van der Waals surface area contributed by atoms with E-state index in [0.717, 1.165) is 54.9 Å². The first kappa shape index (κ1) is 29.2. The summed E-state index contributed by atoms with van der Waals surface area (Å²) in [6, 6.07) is 16.9. The Balaban J connectivity index is 0.000000505. The summed E-state index contributed by atoms with van der Waals surface area (Å²) >= 11 is 0. The maximum absolute atomic E-state index is 12.8. The number of carbonyl (C=O) groups is 2. The molecule has 2 unspecified atom stereocenters. The maximum Gasteiger partial charge on any atom is 0.302 e. The van der Waals surface area contributed by atoms with Crippen LogP contribution in [0.5, 0.6) is 0 Å². The Kier molecular flexibility index (Phi) is 11.6. The number of nitrogens with zero attached hydrogens (tertiary/aromatic N) is 1. The third-order valence-corrected chi connectivity index (χ3v) is 7.13. The van der Waals surface area contributed by atoms with Gasteiger partial charge in [0, 0.05) is 42.7 Å². The number of unbranched alkanes of at least 4 members (excludes halogenated alkanes) is 1. The molecule has 2 N–H and O–H groups in total. The van der Waals surface area contributed by atoms with Crippen molar-refractivity contribution in [2.75, 3.05) is 38.1 Å². The van der Waals surface area contributed by atoms with Gasteiger partial charge in [0.25, 0.3) is 5.91 Å². The van der Waals surface area contributed by atoms with Crippen LogP contribution in [0, 0.1) is 5.92 Å². The molecule has 2 aliphatic rings.